The number of halogens is 2. The highest BCUT2D eigenvalue weighted by Crippen LogP contribution is 2.29. The number of amides is 1. The molecule has 7 nitrogen and oxygen atoms in total. The lowest BCUT2D eigenvalue weighted by Crippen LogP contribution is -2.16. The van der Waals surface area contributed by atoms with E-state index in [0.717, 1.165) is 5.69 Å². The molecule has 1 heterocycles. The van der Waals surface area contributed by atoms with Crippen LogP contribution >= 0.6 is 27.7 Å². The highest BCUT2D eigenvalue weighted by molar-refractivity contribution is 9.10. The van der Waals surface area contributed by atoms with Crippen LogP contribution in [0.2, 0.25) is 0 Å². The number of aromatic nitrogens is 3. The Kier molecular flexibility index (Phi) is 8.04. The van der Waals surface area contributed by atoms with Gasteiger partial charge in [-0.15, -0.1) is 10.2 Å². The molecule has 0 bridgehead atoms. The molecule has 0 saturated carbocycles. The molecule has 0 fully saturated rings. The second-order valence-corrected chi connectivity index (χ2v) is 9.27. The van der Waals surface area contributed by atoms with E-state index in [1.165, 1.54) is 23.9 Å². The summed E-state index contributed by atoms with van der Waals surface area (Å²) in [6.07, 6.45) is -0.449. The molecule has 0 spiro atoms. The summed E-state index contributed by atoms with van der Waals surface area (Å²) in [5, 5.41) is 11.8. The standard InChI is InChI=1S/C25H22BrFN4O3S/c1-16(34-20-10-6-9-19(14-20)33-2)24-29-30-25(31(24)18-7-4-3-5-8-18)35-15-23(32)28-22-12-11-17(26)13-21(22)27/h3-14,16H,15H2,1-2H3,(H,28,32). The van der Waals surface area contributed by atoms with Gasteiger partial charge in [-0.1, -0.05) is 52.0 Å². The zero-order valence-electron chi connectivity index (χ0n) is 18.9. The van der Waals surface area contributed by atoms with Crippen LogP contribution < -0.4 is 14.8 Å². The largest absolute Gasteiger partial charge is 0.497 e. The summed E-state index contributed by atoms with van der Waals surface area (Å²) in [5.41, 5.74) is 0.944. The predicted octanol–water partition coefficient (Wildman–Crippen LogP) is 6.05. The number of para-hydroxylation sites is 1. The number of benzene rings is 3. The minimum absolute atomic E-state index is 0.0194. The SMILES string of the molecule is COc1cccc(OC(C)c2nnc(SCC(=O)Nc3ccc(Br)cc3F)n2-c2ccccc2)c1. The van der Waals surface area contributed by atoms with E-state index < -0.39 is 11.9 Å². The Bertz CT molecular complexity index is 1320. The van der Waals surface area contributed by atoms with Gasteiger partial charge in [0.25, 0.3) is 0 Å². The number of carbonyl (C=O) groups is 1. The van der Waals surface area contributed by atoms with Gasteiger partial charge < -0.3 is 14.8 Å². The van der Waals surface area contributed by atoms with E-state index in [1.54, 1.807) is 19.2 Å². The molecule has 3 aromatic carbocycles. The molecule has 180 valence electrons. The first-order valence-corrected chi connectivity index (χ1v) is 12.4. The Morgan fingerprint density at radius 2 is 1.86 bits per heavy atom. The number of carbonyl (C=O) groups excluding carboxylic acids is 1. The van der Waals surface area contributed by atoms with Crippen LogP contribution in [-0.4, -0.2) is 33.5 Å². The van der Waals surface area contributed by atoms with Crippen molar-refractivity contribution < 1.29 is 18.7 Å². The van der Waals surface area contributed by atoms with Gasteiger partial charge in [0.2, 0.25) is 5.91 Å². The van der Waals surface area contributed by atoms with Crippen molar-refractivity contribution in [2.45, 2.75) is 18.2 Å². The Balaban J connectivity index is 1.54. The number of rotatable bonds is 9. The Morgan fingerprint density at radius 3 is 2.60 bits per heavy atom. The first-order chi connectivity index (χ1) is 16.9. The first-order valence-electron chi connectivity index (χ1n) is 10.6. The van der Waals surface area contributed by atoms with Crippen molar-refractivity contribution in [3.63, 3.8) is 0 Å². The lowest BCUT2D eigenvalue weighted by molar-refractivity contribution is -0.113. The molecule has 1 amide bonds. The highest BCUT2D eigenvalue weighted by atomic mass is 79.9. The lowest BCUT2D eigenvalue weighted by Gasteiger charge is -2.17. The van der Waals surface area contributed by atoms with Crippen molar-refractivity contribution in [1.29, 1.82) is 0 Å². The number of hydrogen-bond donors (Lipinski definition) is 1. The second-order valence-electron chi connectivity index (χ2n) is 7.41. The number of anilines is 1. The fourth-order valence-electron chi connectivity index (χ4n) is 3.30. The van der Waals surface area contributed by atoms with Crippen molar-refractivity contribution in [3.05, 3.63) is 88.9 Å². The molecular weight excluding hydrogens is 535 g/mol. The molecule has 35 heavy (non-hydrogen) atoms. The molecular formula is C25H22BrFN4O3S. The Labute approximate surface area is 214 Å². The zero-order valence-corrected chi connectivity index (χ0v) is 21.3. The van der Waals surface area contributed by atoms with Gasteiger partial charge in [-0.05, 0) is 49.4 Å². The van der Waals surface area contributed by atoms with Gasteiger partial charge in [0.05, 0.1) is 18.6 Å². The van der Waals surface area contributed by atoms with Crippen LogP contribution in [0.1, 0.15) is 18.9 Å². The van der Waals surface area contributed by atoms with Crippen LogP contribution in [0.3, 0.4) is 0 Å². The van der Waals surface area contributed by atoms with Crippen LogP contribution in [0.5, 0.6) is 11.5 Å². The molecule has 0 saturated heterocycles. The van der Waals surface area contributed by atoms with E-state index in [4.69, 9.17) is 9.47 Å². The van der Waals surface area contributed by atoms with Crippen LogP contribution in [0, 0.1) is 5.82 Å². The molecule has 1 aromatic heterocycles. The van der Waals surface area contributed by atoms with Crippen molar-refractivity contribution >= 4 is 39.3 Å². The van der Waals surface area contributed by atoms with Gasteiger partial charge in [-0.2, -0.15) is 0 Å². The number of nitrogens with zero attached hydrogens (tertiary/aromatic N) is 3. The summed E-state index contributed by atoms with van der Waals surface area (Å²) in [6.45, 7) is 1.88. The maximum Gasteiger partial charge on any atom is 0.234 e. The van der Waals surface area contributed by atoms with Crippen molar-refractivity contribution in [2.75, 3.05) is 18.2 Å². The summed E-state index contributed by atoms with van der Waals surface area (Å²) in [6, 6.07) is 21.3. The minimum atomic E-state index is -0.518. The minimum Gasteiger partial charge on any atom is -0.497 e. The molecule has 1 N–H and O–H groups in total. The normalized spacial score (nSPS) is 11.7. The number of methoxy groups -OCH3 is 1. The highest BCUT2D eigenvalue weighted by Gasteiger charge is 2.22. The summed E-state index contributed by atoms with van der Waals surface area (Å²) in [7, 11) is 1.60. The van der Waals surface area contributed by atoms with Gasteiger partial charge in [0.1, 0.15) is 17.3 Å². The second kappa shape index (κ2) is 11.4. The summed E-state index contributed by atoms with van der Waals surface area (Å²) in [5.74, 6) is 1.03. The number of ether oxygens (including phenoxy) is 2. The van der Waals surface area contributed by atoms with E-state index >= 15 is 0 Å². The van der Waals surface area contributed by atoms with Gasteiger partial charge in [-0.3, -0.25) is 9.36 Å². The lowest BCUT2D eigenvalue weighted by atomic mass is 10.3. The fraction of sp³-hybridized carbons (Fsp3) is 0.160. The summed E-state index contributed by atoms with van der Waals surface area (Å²) in [4.78, 5) is 12.5. The third kappa shape index (κ3) is 6.20. The van der Waals surface area contributed by atoms with Gasteiger partial charge >= 0.3 is 0 Å². The van der Waals surface area contributed by atoms with E-state index in [0.29, 0.717) is 27.0 Å². The van der Waals surface area contributed by atoms with Crippen molar-refractivity contribution in [1.82, 2.24) is 14.8 Å². The zero-order chi connectivity index (χ0) is 24.8. The molecule has 1 unspecified atom stereocenters. The summed E-state index contributed by atoms with van der Waals surface area (Å²) >= 11 is 4.40. The molecule has 10 heteroatoms. The van der Waals surface area contributed by atoms with E-state index in [1.807, 2.05) is 60.0 Å². The third-order valence-corrected chi connectivity index (χ3v) is 6.35. The van der Waals surface area contributed by atoms with Crippen LogP contribution in [-0.2, 0) is 4.79 Å². The average molecular weight is 557 g/mol. The maximum atomic E-state index is 14.1. The topological polar surface area (TPSA) is 78.3 Å². The van der Waals surface area contributed by atoms with E-state index in [-0.39, 0.29) is 17.3 Å². The molecule has 4 aromatic rings. The van der Waals surface area contributed by atoms with Crippen LogP contribution in [0.4, 0.5) is 10.1 Å². The number of nitrogens with one attached hydrogen (secondary N) is 1. The molecule has 1 atom stereocenters. The van der Waals surface area contributed by atoms with Crippen LogP contribution in [0.15, 0.2) is 82.4 Å². The number of thioether (sulfide) groups is 1. The first kappa shape index (κ1) is 24.7. The smallest absolute Gasteiger partial charge is 0.234 e. The molecule has 0 radical (unpaired) electrons. The molecule has 0 aliphatic rings. The molecule has 4 rings (SSSR count). The van der Waals surface area contributed by atoms with Crippen molar-refractivity contribution in [2.24, 2.45) is 0 Å². The van der Waals surface area contributed by atoms with E-state index in [2.05, 4.69) is 31.4 Å². The molecule has 0 aliphatic heterocycles. The van der Waals surface area contributed by atoms with Gasteiger partial charge in [-0.25, -0.2) is 4.39 Å². The average Bonchev–Trinajstić information content (AvgIpc) is 3.29. The molecule has 0 aliphatic carbocycles. The van der Waals surface area contributed by atoms with Gasteiger partial charge in [0.15, 0.2) is 17.1 Å². The van der Waals surface area contributed by atoms with Gasteiger partial charge in [0, 0.05) is 16.2 Å². The Morgan fingerprint density at radius 1 is 1.09 bits per heavy atom. The van der Waals surface area contributed by atoms with Crippen LogP contribution in [0.25, 0.3) is 5.69 Å². The predicted molar refractivity (Wildman–Crippen MR) is 137 cm³/mol. The monoisotopic (exact) mass is 556 g/mol. The third-order valence-electron chi connectivity index (χ3n) is 4.93. The summed E-state index contributed by atoms with van der Waals surface area (Å²) < 4.78 is 27.9. The quantitative estimate of drug-likeness (QED) is 0.253. The number of hydrogen-bond acceptors (Lipinski definition) is 6. The van der Waals surface area contributed by atoms with E-state index in [9.17, 15) is 9.18 Å². The van der Waals surface area contributed by atoms with Crippen molar-refractivity contribution in [3.8, 4) is 17.2 Å². The fourth-order valence-corrected chi connectivity index (χ4v) is 4.39. The maximum absolute atomic E-state index is 14.1. The Hall–Kier alpha value is -3.37.